The van der Waals surface area contributed by atoms with Crippen LogP contribution in [0.2, 0.25) is 0 Å². The van der Waals surface area contributed by atoms with E-state index in [2.05, 4.69) is 15.3 Å². The van der Waals surface area contributed by atoms with E-state index in [0.717, 1.165) is 17.8 Å². The summed E-state index contributed by atoms with van der Waals surface area (Å²) in [6.07, 6.45) is 0.796. The Bertz CT molecular complexity index is 710. The first-order valence-electron chi connectivity index (χ1n) is 6.42. The molecule has 20 heavy (non-hydrogen) atoms. The minimum atomic E-state index is -0.315. The molecule has 0 bridgehead atoms. The van der Waals surface area contributed by atoms with E-state index in [4.69, 9.17) is 0 Å². The van der Waals surface area contributed by atoms with Gasteiger partial charge in [-0.05, 0) is 25.0 Å². The quantitative estimate of drug-likeness (QED) is 0.793. The lowest BCUT2D eigenvalue weighted by molar-refractivity contribution is 0.0723. The summed E-state index contributed by atoms with van der Waals surface area (Å²) in [5.74, 6) is -0.175. The van der Waals surface area contributed by atoms with Crippen LogP contribution in [0.4, 0.5) is 0 Å². The van der Waals surface area contributed by atoms with Crippen LogP contribution in [0, 0.1) is 6.92 Å². The zero-order chi connectivity index (χ0) is 14.3. The fourth-order valence-corrected chi connectivity index (χ4v) is 2.58. The average molecular weight is 273 g/mol. The summed E-state index contributed by atoms with van der Waals surface area (Å²) in [4.78, 5) is 25.1. The molecule has 3 heterocycles. The standard InChI is InChI=1S/C13H15N5O2/c1-8-9-5-6-18(7-11(9)17(2)16-8)13(20)10-3-4-12(19)15-14-10/h3-4H,5-7H2,1-2H3,(H,15,19). The summed E-state index contributed by atoms with van der Waals surface area (Å²) in [5, 5.41) is 10.5. The van der Waals surface area contributed by atoms with Crippen LogP contribution in [0.5, 0.6) is 0 Å². The number of hydrogen-bond donors (Lipinski definition) is 1. The minimum absolute atomic E-state index is 0.175. The number of carbonyl (C=O) groups excluding carboxylic acids is 1. The van der Waals surface area contributed by atoms with Crippen molar-refractivity contribution in [2.24, 2.45) is 7.05 Å². The van der Waals surface area contributed by atoms with Crippen molar-refractivity contribution < 1.29 is 4.79 Å². The van der Waals surface area contributed by atoms with Gasteiger partial charge in [-0.2, -0.15) is 10.2 Å². The Morgan fingerprint density at radius 2 is 2.20 bits per heavy atom. The molecule has 0 spiro atoms. The second-order valence-corrected chi connectivity index (χ2v) is 4.92. The molecule has 1 aliphatic rings. The Morgan fingerprint density at radius 3 is 2.90 bits per heavy atom. The Balaban J connectivity index is 1.86. The number of amides is 1. The summed E-state index contributed by atoms with van der Waals surface area (Å²) < 4.78 is 1.82. The molecule has 0 atom stereocenters. The monoisotopic (exact) mass is 273 g/mol. The van der Waals surface area contributed by atoms with E-state index < -0.39 is 0 Å². The molecule has 1 aliphatic heterocycles. The zero-order valence-electron chi connectivity index (χ0n) is 11.4. The maximum Gasteiger partial charge on any atom is 0.274 e. The van der Waals surface area contributed by atoms with E-state index in [0.29, 0.717) is 13.1 Å². The highest BCUT2D eigenvalue weighted by atomic mass is 16.2. The van der Waals surface area contributed by atoms with E-state index in [1.807, 2.05) is 18.7 Å². The third kappa shape index (κ3) is 2.01. The van der Waals surface area contributed by atoms with Gasteiger partial charge in [0.25, 0.3) is 11.5 Å². The van der Waals surface area contributed by atoms with Gasteiger partial charge in [0.2, 0.25) is 0 Å². The molecular weight excluding hydrogens is 258 g/mol. The van der Waals surface area contributed by atoms with Crippen LogP contribution in [-0.4, -0.2) is 37.3 Å². The van der Waals surface area contributed by atoms with Crippen LogP contribution >= 0.6 is 0 Å². The molecule has 1 N–H and O–H groups in total. The molecule has 2 aromatic rings. The van der Waals surface area contributed by atoms with Gasteiger partial charge in [0.15, 0.2) is 0 Å². The van der Waals surface area contributed by atoms with Gasteiger partial charge in [0, 0.05) is 19.7 Å². The number of nitrogens with one attached hydrogen (secondary N) is 1. The number of aryl methyl sites for hydroxylation is 2. The number of H-pyrrole nitrogens is 1. The molecule has 1 amide bonds. The largest absolute Gasteiger partial charge is 0.331 e. The van der Waals surface area contributed by atoms with E-state index in [1.165, 1.54) is 17.7 Å². The minimum Gasteiger partial charge on any atom is -0.331 e. The van der Waals surface area contributed by atoms with E-state index in [9.17, 15) is 9.59 Å². The van der Waals surface area contributed by atoms with Crippen LogP contribution in [0.15, 0.2) is 16.9 Å². The highest BCUT2D eigenvalue weighted by Crippen LogP contribution is 2.22. The molecule has 0 saturated carbocycles. The van der Waals surface area contributed by atoms with Gasteiger partial charge in [0.1, 0.15) is 5.69 Å². The number of carbonyl (C=O) groups is 1. The fraction of sp³-hybridized carbons (Fsp3) is 0.385. The third-order valence-electron chi connectivity index (χ3n) is 3.63. The SMILES string of the molecule is Cc1nn(C)c2c1CCN(C(=O)c1ccc(=O)[nH]n1)C2. The summed E-state index contributed by atoms with van der Waals surface area (Å²) in [5.41, 5.74) is 3.26. The lowest BCUT2D eigenvalue weighted by Crippen LogP contribution is -2.37. The van der Waals surface area contributed by atoms with Crippen molar-refractivity contribution >= 4 is 5.91 Å². The molecule has 0 unspecified atom stereocenters. The Hall–Kier alpha value is -2.44. The average Bonchev–Trinajstić information content (AvgIpc) is 2.74. The number of rotatable bonds is 1. The number of aromatic amines is 1. The van der Waals surface area contributed by atoms with Gasteiger partial charge in [-0.15, -0.1) is 0 Å². The first-order chi connectivity index (χ1) is 9.56. The third-order valence-corrected chi connectivity index (χ3v) is 3.63. The Morgan fingerprint density at radius 1 is 1.40 bits per heavy atom. The van der Waals surface area contributed by atoms with Crippen molar-refractivity contribution in [1.29, 1.82) is 0 Å². The normalized spacial score (nSPS) is 14.2. The first kappa shape index (κ1) is 12.6. The molecule has 0 radical (unpaired) electrons. The number of aromatic nitrogens is 4. The van der Waals surface area contributed by atoms with Gasteiger partial charge in [-0.1, -0.05) is 0 Å². The summed E-state index contributed by atoms with van der Waals surface area (Å²) in [7, 11) is 1.89. The van der Waals surface area contributed by atoms with Gasteiger partial charge < -0.3 is 4.90 Å². The van der Waals surface area contributed by atoms with E-state index >= 15 is 0 Å². The van der Waals surface area contributed by atoms with Crippen LogP contribution in [0.1, 0.15) is 27.4 Å². The molecule has 3 rings (SSSR count). The highest BCUT2D eigenvalue weighted by molar-refractivity contribution is 5.92. The van der Waals surface area contributed by atoms with Crippen molar-refractivity contribution in [1.82, 2.24) is 24.9 Å². The fourth-order valence-electron chi connectivity index (χ4n) is 2.58. The van der Waals surface area contributed by atoms with Crippen molar-refractivity contribution in [3.05, 3.63) is 45.1 Å². The predicted octanol–water partition coefficient (Wildman–Crippen LogP) is 0.0103. The molecule has 2 aromatic heterocycles. The van der Waals surface area contributed by atoms with Gasteiger partial charge in [-0.3, -0.25) is 14.3 Å². The molecule has 7 nitrogen and oxygen atoms in total. The molecule has 0 fully saturated rings. The second-order valence-electron chi connectivity index (χ2n) is 4.92. The molecule has 0 aliphatic carbocycles. The predicted molar refractivity (Wildman–Crippen MR) is 71.2 cm³/mol. The Kier molecular flexibility index (Phi) is 2.89. The summed E-state index contributed by atoms with van der Waals surface area (Å²) >= 11 is 0. The lowest BCUT2D eigenvalue weighted by Gasteiger charge is -2.27. The molecule has 104 valence electrons. The number of nitrogens with zero attached hydrogens (tertiary/aromatic N) is 4. The van der Waals surface area contributed by atoms with Crippen LogP contribution in [0.3, 0.4) is 0 Å². The maximum atomic E-state index is 12.4. The maximum absolute atomic E-state index is 12.4. The van der Waals surface area contributed by atoms with Crippen molar-refractivity contribution in [2.45, 2.75) is 19.9 Å². The van der Waals surface area contributed by atoms with Gasteiger partial charge in [-0.25, -0.2) is 5.10 Å². The highest BCUT2D eigenvalue weighted by Gasteiger charge is 2.26. The lowest BCUT2D eigenvalue weighted by atomic mass is 10.0. The molecular formula is C13H15N5O2. The van der Waals surface area contributed by atoms with Gasteiger partial charge >= 0.3 is 0 Å². The first-order valence-corrected chi connectivity index (χ1v) is 6.42. The van der Waals surface area contributed by atoms with Crippen LogP contribution < -0.4 is 5.56 Å². The van der Waals surface area contributed by atoms with Crippen LogP contribution in [-0.2, 0) is 20.0 Å². The van der Waals surface area contributed by atoms with Crippen molar-refractivity contribution in [3.63, 3.8) is 0 Å². The number of hydrogen-bond acceptors (Lipinski definition) is 4. The van der Waals surface area contributed by atoms with E-state index in [1.54, 1.807) is 4.90 Å². The van der Waals surface area contributed by atoms with Crippen molar-refractivity contribution in [3.8, 4) is 0 Å². The molecule has 0 saturated heterocycles. The molecule has 7 heteroatoms. The number of fused-ring (bicyclic) bond motifs is 1. The van der Waals surface area contributed by atoms with Crippen molar-refractivity contribution in [2.75, 3.05) is 6.54 Å². The second kappa shape index (κ2) is 4.59. The summed E-state index contributed by atoms with van der Waals surface area (Å²) in [6, 6.07) is 2.76. The summed E-state index contributed by atoms with van der Waals surface area (Å²) in [6.45, 7) is 3.14. The Labute approximate surface area is 115 Å². The van der Waals surface area contributed by atoms with E-state index in [-0.39, 0.29) is 17.2 Å². The van der Waals surface area contributed by atoms with Gasteiger partial charge in [0.05, 0.1) is 17.9 Å². The van der Waals surface area contributed by atoms with Crippen LogP contribution in [0.25, 0.3) is 0 Å². The smallest absolute Gasteiger partial charge is 0.274 e. The zero-order valence-corrected chi connectivity index (χ0v) is 11.4. The topological polar surface area (TPSA) is 83.9 Å². The molecule has 0 aromatic carbocycles.